The molecule has 1 unspecified atom stereocenters. The Morgan fingerprint density at radius 1 is 1.65 bits per heavy atom. The summed E-state index contributed by atoms with van der Waals surface area (Å²) in [6.07, 6.45) is 9.27. The Bertz CT molecular complexity index is 377. The zero-order chi connectivity index (χ0) is 12.3. The van der Waals surface area contributed by atoms with Gasteiger partial charge in [0.05, 0.1) is 5.69 Å². The average molecular weight is 233 g/mol. The molecule has 0 aromatic carbocycles. The Hall–Kier alpha value is -1.25. The van der Waals surface area contributed by atoms with E-state index in [1.807, 2.05) is 13.0 Å². The fourth-order valence-corrected chi connectivity index (χ4v) is 2.21. The van der Waals surface area contributed by atoms with Crippen LogP contribution in [-0.2, 0) is 6.54 Å². The summed E-state index contributed by atoms with van der Waals surface area (Å²) in [6, 6.07) is 0.563. The number of rotatable bonds is 7. The van der Waals surface area contributed by atoms with Gasteiger partial charge in [0.2, 0.25) is 5.95 Å². The van der Waals surface area contributed by atoms with Gasteiger partial charge in [0.25, 0.3) is 0 Å². The highest BCUT2D eigenvalue weighted by molar-refractivity contribution is 5.30. The second kappa shape index (κ2) is 5.39. The SMILES string of the molecule is C=CCn1cc(C)nc1NC(CC)CC1CC1. The average Bonchev–Trinajstić information content (AvgIpc) is 3.04. The van der Waals surface area contributed by atoms with Crippen LogP contribution in [0.25, 0.3) is 0 Å². The van der Waals surface area contributed by atoms with Gasteiger partial charge in [-0.3, -0.25) is 0 Å². The van der Waals surface area contributed by atoms with E-state index in [0.29, 0.717) is 6.04 Å². The van der Waals surface area contributed by atoms with Gasteiger partial charge in [-0.15, -0.1) is 6.58 Å². The van der Waals surface area contributed by atoms with Crippen molar-refractivity contribution in [1.82, 2.24) is 9.55 Å². The van der Waals surface area contributed by atoms with E-state index in [1.165, 1.54) is 19.3 Å². The van der Waals surface area contributed by atoms with E-state index in [0.717, 1.165) is 30.5 Å². The third-order valence-electron chi connectivity index (χ3n) is 3.36. The van der Waals surface area contributed by atoms with Crippen LogP contribution < -0.4 is 5.32 Å². The molecule has 17 heavy (non-hydrogen) atoms. The van der Waals surface area contributed by atoms with E-state index in [4.69, 9.17) is 0 Å². The molecule has 1 N–H and O–H groups in total. The van der Waals surface area contributed by atoms with E-state index in [1.54, 1.807) is 0 Å². The predicted molar refractivity (Wildman–Crippen MR) is 72.2 cm³/mol. The summed E-state index contributed by atoms with van der Waals surface area (Å²) in [7, 11) is 0. The molecule has 0 spiro atoms. The monoisotopic (exact) mass is 233 g/mol. The van der Waals surface area contributed by atoms with Crippen molar-refractivity contribution in [3.63, 3.8) is 0 Å². The number of imidazole rings is 1. The van der Waals surface area contributed by atoms with Gasteiger partial charge < -0.3 is 9.88 Å². The number of allylic oxidation sites excluding steroid dienone is 1. The fourth-order valence-electron chi connectivity index (χ4n) is 2.21. The van der Waals surface area contributed by atoms with Crippen molar-refractivity contribution in [2.24, 2.45) is 5.92 Å². The second-order valence-corrected chi connectivity index (χ2v) is 5.08. The molecule has 3 nitrogen and oxygen atoms in total. The number of nitrogens with zero attached hydrogens (tertiary/aromatic N) is 2. The van der Waals surface area contributed by atoms with Crippen molar-refractivity contribution in [2.45, 2.75) is 52.1 Å². The maximum atomic E-state index is 4.55. The number of aromatic nitrogens is 2. The van der Waals surface area contributed by atoms with Gasteiger partial charge in [-0.05, 0) is 25.7 Å². The van der Waals surface area contributed by atoms with E-state index < -0.39 is 0 Å². The van der Waals surface area contributed by atoms with Crippen LogP contribution in [-0.4, -0.2) is 15.6 Å². The van der Waals surface area contributed by atoms with Gasteiger partial charge in [-0.2, -0.15) is 0 Å². The van der Waals surface area contributed by atoms with Gasteiger partial charge in [0.1, 0.15) is 0 Å². The van der Waals surface area contributed by atoms with Crippen molar-refractivity contribution in [2.75, 3.05) is 5.32 Å². The van der Waals surface area contributed by atoms with Gasteiger partial charge in [0.15, 0.2) is 0 Å². The van der Waals surface area contributed by atoms with E-state index in [-0.39, 0.29) is 0 Å². The molecule has 0 radical (unpaired) electrons. The Morgan fingerprint density at radius 2 is 2.41 bits per heavy atom. The third-order valence-corrected chi connectivity index (χ3v) is 3.36. The molecule has 3 heteroatoms. The van der Waals surface area contributed by atoms with E-state index in [2.05, 4.69) is 34.6 Å². The Kier molecular flexibility index (Phi) is 3.87. The largest absolute Gasteiger partial charge is 0.353 e. The van der Waals surface area contributed by atoms with Gasteiger partial charge in [-0.1, -0.05) is 25.8 Å². The number of hydrogen-bond acceptors (Lipinski definition) is 2. The quantitative estimate of drug-likeness (QED) is 0.732. The Labute approximate surface area is 104 Å². The molecule has 0 bridgehead atoms. The molecule has 1 aromatic heterocycles. The number of hydrogen-bond donors (Lipinski definition) is 1. The standard InChI is InChI=1S/C14H23N3/c1-4-8-17-10-11(3)15-14(17)16-13(5-2)9-12-6-7-12/h4,10,12-13H,1,5-9H2,2-3H3,(H,15,16). The third kappa shape index (κ3) is 3.35. The normalized spacial score (nSPS) is 16.8. The summed E-state index contributed by atoms with van der Waals surface area (Å²) in [5, 5.41) is 3.58. The summed E-state index contributed by atoms with van der Waals surface area (Å²) in [4.78, 5) is 4.55. The van der Waals surface area contributed by atoms with Crippen LogP contribution in [0, 0.1) is 12.8 Å². The summed E-state index contributed by atoms with van der Waals surface area (Å²) < 4.78 is 2.14. The summed E-state index contributed by atoms with van der Waals surface area (Å²) >= 11 is 0. The molecule has 1 heterocycles. The van der Waals surface area contributed by atoms with E-state index in [9.17, 15) is 0 Å². The first kappa shape index (κ1) is 12.2. The number of nitrogens with one attached hydrogen (secondary N) is 1. The van der Waals surface area contributed by atoms with Crippen molar-refractivity contribution < 1.29 is 0 Å². The minimum absolute atomic E-state index is 0.563. The summed E-state index contributed by atoms with van der Waals surface area (Å²) in [5.41, 5.74) is 1.07. The maximum absolute atomic E-state index is 4.55. The molecular weight excluding hydrogens is 210 g/mol. The molecule has 1 atom stereocenters. The van der Waals surface area contributed by atoms with Crippen molar-refractivity contribution in [3.05, 3.63) is 24.5 Å². The number of aryl methyl sites for hydroxylation is 1. The lowest BCUT2D eigenvalue weighted by Gasteiger charge is -2.17. The van der Waals surface area contributed by atoms with E-state index >= 15 is 0 Å². The minimum Gasteiger partial charge on any atom is -0.353 e. The van der Waals surface area contributed by atoms with Crippen molar-refractivity contribution in [3.8, 4) is 0 Å². The van der Waals surface area contributed by atoms with Crippen molar-refractivity contribution in [1.29, 1.82) is 0 Å². The molecule has 1 saturated carbocycles. The van der Waals surface area contributed by atoms with Crippen LogP contribution in [0.2, 0.25) is 0 Å². The molecular formula is C14H23N3. The molecule has 94 valence electrons. The second-order valence-electron chi connectivity index (χ2n) is 5.08. The minimum atomic E-state index is 0.563. The van der Waals surface area contributed by atoms with Crippen LogP contribution in [0.1, 0.15) is 38.3 Å². The predicted octanol–water partition coefficient (Wildman–Crippen LogP) is 3.37. The molecule has 1 aliphatic carbocycles. The van der Waals surface area contributed by atoms with Gasteiger partial charge in [0, 0.05) is 18.8 Å². The first-order chi connectivity index (χ1) is 8.22. The van der Waals surface area contributed by atoms with Crippen LogP contribution >= 0.6 is 0 Å². The maximum Gasteiger partial charge on any atom is 0.203 e. The van der Waals surface area contributed by atoms with Crippen LogP contribution in [0.15, 0.2) is 18.9 Å². The molecule has 1 aliphatic rings. The molecule has 0 amide bonds. The molecule has 0 saturated heterocycles. The smallest absolute Gasteiger partial charge is 0.203 e. The van der Waals surface area contributed by atoms with Crippen LogP contribution in [0.5, 0.6) is 0 Å². The molecule has 2 rings (SSSR count). The summed E-state index contributed by atoms with van der Waals surface area (Å²) in [6.45, 7) is 8.89. The molecule has 1 aromatic rings. The highest BCUT2D eigenvalue weighted by Crippen LogP contribution is 2.34. The zero-order valence-electron chi connectivity index (χ0n) is 10.9. The lowest BCUT2D eigenvalue weighted by Crippen LogP contribution is -2.21. The Morgan fingerprint density at radius 3 is 3.00 bits per heavy atom. The fraction of sp³-hybridized carbons (Fsp3) is 0.643. The van der Waals surface area contributed by atoms with Crippen LogP contribution in [0.3, 0.4) is 0 Å². The molecule has 0 aliphatic heterocycles. The number of anilines is 1. The zero-order valence-corrected chi connectivity index (χ0v) is 10.9. The first-order valence-corrected chi connectivity index (χ1v) is 6.64. The topological polar surface area (TPSA) is 29.9 Å². The molecule has 1 fully saturated rings. The first-order valence-electron chi connectivity index (χ1n) is 6.64. The Balaban J connectivity index is 2.01. The highest BCUT2D eigenvalue weighted by Gasteiger charge is 2.25. The van der Waals surface area contributed by atoms with Gasteiger partial charge >= 0.3 is 0 Å². The lowest BCUT2D eigenvalue weighted by atomic mass is 10.1. The summed E-state index contributed by atoms with van der Waals surface area (Å²) in [5.74, 6) is 1.95. The highest BCUT2D eigenvalue weighted by atomic mass is 15.2. The van der Waals surface area contributed by atoms with Crippen molar-refractivity contribution >= 4 is 5.95 Å². The van der Waals surface area contributed by atoms with Crippen LogP contribution in [0.4, 0.5) is 5.95 Å². The van der Waals surface area contributed by atoms with Gasteiger partial charge in [-0.25, -0.2) is 4.98 Å². The lowest BCUT2D eigenvalue weighted by molar-refractivity contribution is 0.578.